The molecule has 2 aromatic heterocycles. The van der Waals surface area contributed by atoms with Crippen molar-refractivity contribution in [3.63, 3.8) is 0 Å². The maximum Gasteiger partial charge on any atom is 0.407 e. The molecule has 0 saturated heterocycles. The van der Waals surface area contributed by atoms with Crippen molar-refractivity contribution in [3.05, 3.63) is 59.7 Å². The van der Waals surface area contributed by atoms with Crippen LogP contribution >= 0.6 is 0 Å². The van der Waals surface area contributed by atoms with Crippen molar-refractivity contribution in [1.82, 2.24) is 30.6 Å². The number of ether oxygens (including phenoxy) is 6. The van der Waals surface area contributed by atoms with E-state index < -0.39 is 23.4 Å². The normalized spacial score (nSPS) is 12.2. The van der Waals surface area contributed by atoms with Crippen molar-refractivity contribution < 1.29 is 38.0 Å². The van der Waals surface area contributed by atoms with Gasteiger partial charge in [-0.2, -0.15) is 19.9 Å². The van der Waals surface area contributed by atoms with Crippen LogP contribution in [-0.4, -0.2) is 69.5 Å². The van der Waals surface area contributed by atoms with Crippen molar-refractivity contribution >= 4 is 24.1 Å². The summed E-state index contributed by atoms with van der Waals surface area (Å²) in [5.41, 5.74) is 0.457. The van der Waals surface area contributed by atoms with E-state index >= 15 is 0 Å². The van der Waals surface area contributed by atoms with E-state index in [1.807, 2.05) is 38.1 Å². The number of hydrogen-bond donors (Lipinski definition) is 4. The molecule has 276 valence electrons. The Balaban J connectivity index is 1.40. The average Bonchev–Trinajstić information content (AvgIpc) is 2.98. The fraction of sp³-hybridized carbons (Fsp3) is 0.389. The molecule has 1 aliphatic heterocycles. The third-order valence-corrected chi connectivity index (χ3v) is 6.45. The van der Waals surface area contributed by atoms with Gasteiger partial charge in [0, 0.05) is 38.3 Å². The number of amides is 2. The van der Waals surface area contributed by atoms with Gasteiger partial charge in [0.1, 0.15) is 34.2 Å². The van der Waals surface area contributed by atoms with Gasteiger partial charge in [0.2, 0.25) is 35.4 Å². The van der Waals surface area contributed by atoms with Gasteiger partial charge in [-0.05, 0) is 90.8 Å². The lowest BCUT2D eigenvalue weighted by atomic mass is 10.2. The molecule has 2 amide bonds. The Hall–Kier alpha value is -6.06. The number of fused-ring (bicyclic) bond motifs is 8. The van der Waals surface area contributed by atoms with Crippen LogP contribution in [-0.2, 0) is 9.47 Å². The highest BCUT2D eigenvalue weighted by Gasteiger charge is 2.18. The van der Waals surface area contributed by atoms with Crippen molar-refractivity contribution in [2.24, 2.45) is 0 Å². The highest BCUT2D eigenvalue weighted by Crippen LogP contribution is 2.35. The first-order valence-electron chi connectivity index (χ1n) is 16.7. The zero-order chi connectivity index (χ0) is 37.5. The molecular weight excluding hydrogens is 672 g/mol. The highest BCUT2D eigenvalue weighted by molar-refractivity contribution is 5.68. The van der Waals surface area contributed by atoms with Crippen LogP contribution in [0.15, 0.2) is 48.5 Å². The molecule has 4 N–H and O–H groups in total. The Morgan fingerprint density at radius 1 is 0.519 bits per heavy atom. The molecule has 0 aliphatic carbocycles. The lowest BCUT2D eigenvalue weighted by molar-refractivity contribution is 0.0518. The van der Waals surface area contributed by atoms with E-state index in [0.717, 1.165) is 11.1 Å². The monoisotopic (exact) mass is 716 g/mol. The number of hydrogen-bond acceptors (Lipinski definition) is 14. The summed E-state index contributed by atoms with van der Waals surface area (Å²) in [6.45, 7) is 15.6. The van der Waals surface area contributed by atoms with E-state index in [4.69, 9.17) is 28.4 Å². The van der Waals surface area contributed by atoms with Crippen LogP contribution in [0.25, 0.3) is 0 Å². The lowest BCUT2D eigenvalue weighted by Crippen LogP contribution is -2.35. The molecule has 0 atom stereocenters. The van der Waals surface area contributed by atoms with E-state index in [-0.39, 0.29) is 48.5 Å². The standard InChI is InChI=1S/C36H44N8O8/c1-21-13-23-17-24(14-21)48-28-20-30(44-32(42-28)38-10-12-40-34(46)52-36(6,7)8)50-26-16-22(2)15-25(18-26)49-29-19-27(47-23)41-31(43-29)37-9-11-39-33(45)51-35(3,4)5/h13-20H,9-12H2,1-8H3,(H,39,45)(H,40,46)(H,37,41,43)(H,38,42,44). The minimum Gasteiger partial charge on any atom is -0.444 e. The summed E-state index contributed by atoms with van der Waals surface area (Å²) in [5, 5.41) is 11.6. The van der Waals surface area contributed by atoms with Gasteiger partial charge in [-0.25, -0.2) is 9.59 Å². The maximum absolute atomic E-state index is 12.1. The molecule has 16 nitrogen and oxygen atoms in total. The summed E-state index contributed by atoms with van der Waals surface area (Å²) in [6.07, 6.45) is -1.06. The molecule has 1 aliphatic rings. The van der Waals surface area contributed by atoms with Gasteiger partial charge in [0.25, 0.3) is 0 Å². The third kappa shape index (κ3) is 12.1. The zero-order valence-corrected chi connectivity index (χ0v) is 30.5. The number of benzene rings is 2. The topological polar surface area (TPSA) is 189 Å². The quantitative estimate of drug-likeness (QED) is 0.118. The van der Waals surface area contributed by atoms with E-state index in [1.54, 1.807) is 65.8 Å². The number of aryl methyl sites for hydroxylation is 2. The summed E-state index contributed by atoms with van der Waals surface area (Å²) in [7, 11) is 0. The van der Waals surface area contributed by atoms with Crippen molar-refractivity contribution in [2.75, 3.05) is 36.8 Å². The van der Waals surface area contributed by atoms with Gasteiger partial charge in [0.15, 0.2) is 0 Å². The van der Waals surface area contributed by atoms with Crippen LogP contribution in [0.4, 0.5) is 21.5 Å². The van der Waals surface area contributed by atoms with Crippen LogP contribution in [0.2, 0.25) is 0 Å². The minimum atomic E-state index is -0.613. The third-order valence-electron chi connectivity index (χ3n) is 6.45. The van der Waals surface area contributed by atoms with Crippen molar-refractivity contribution in [1.29, 1.82) is 0 Å². The lowest BCUT2D eigenvalue weighted by Gasteiger charge is -2.19. The number of anilines is 2. The fourth-order valence-electron chi connectivity index (χ4n) is 4.63. The summed E-state index contributed by atoms with van der Waals surface area (Å²) in [5.74, 6) is 2.90. The molecule has 8 bridgehead atoms. The number of alkyl carbamates (subject to hydrolysis) is 2. The molecule has 2 aromatic carbocycles. The Bertz CT molecular complexity index is 1690. The van der Waals surface area contributed by atoms with Crippen molar-refractivity contribution in [2.45, 2.75) is 66.6 Å². The number of carbonyl (C=O) groups is 2. The smallest absolute Gasteiger partial charge is 0.407 e. The Morgan fingerprint density at radius 3 is 1.12 bits per heavy atom. The summed E-state index contributed by atoms with van der Waals surface area (Å²) in [6, 6.07) is 13.8. The largest absolute Gasteiger partial charge is 0.444 e. The summed E-state index contributed by atoms with van der Waals surface area (Å²) >= 11 is 0. The first-order valence-corrected chi connectivity index (χ1v) is 16.7. The van der Waals surface area contributed by atoms with E-state index in [9.17, 15) is 9.59 Å². The summed E-state index contributed by atoms with van der Waals surface area (Å²) in [4.78, 5) is 42.2. The van der Waals surface area contributed by atoms with Gasteiger partial charge in [-0.3, -0.25) is 0 Å². The predicted molar refractivity (Wildman–Crippen MR) is 192 cm³/mol. The Labute approximate surface area is 302 Å². The van der Waals surface area contributed by atoms with E-state index in [1.165, 1.54) is 0 Å². The van der Waals surface area contributed by atoms with Crippen LogP contribution in [0.3, 0.4) is 0 Å². The van der Waals surface area contributed by atoms with E-state index in [2.05, 4.69) is 41.2 Å². The molecule has 0 fully saturated rings. The van der Waals surface area contributed by atoms with Crippen LogP contribution in [0.1, 0.15) is 52.7 Å². The number of nitrogens with zero attached hydrogens (tertiary/aromatic N) is 4. The molecule has 52 heavy (non-hydrogen) atoms. The second kappa shape index (κ2) is 15.9. The second-order valence-electron chi connectivity index (χ2n) is 13.8. The highest BCUT2D eigenvalue weighted by atomic mass is 16.6. The average molecular weight is 717 g/mol. The number of aromatic nitrogens is 4. The first-order chi connectivity index (χ1) is 24.5. The van der Waals surface area contributed by atoms with Crippen molar-refractivity contribution in [3.8, 4) is 46.5 Å². The number of rotatable bonds is 8. The SMILES string of the molecule is Cc1cc2cc(c1)Oc1cc(nc(NCCNC(=O)OC(C)(C)C)n1)Oc1cc(C)cc(c1)Oc1cc(nc(NCCNC(=O)OC(C)(C)C)n1)O2. The van der Waals surface area contributed by atoms with Gasteiger partial charge in [-0.15, -0.1) is 0 Å². The molecule has 0 radical (unpaired) electrons. The van der Waals surface area contributed by atoms with Gasteiger partial charge in [-0.1, -0.05) is 0 Å². The molecule has 5 rings (SSSR count). The Kier molecular flexibility index (Phi) is 11.4. The fourth-order valence-corrected chi connectivity index (χ4v) is 4.63. The molecule has 0 saturated carbocycles. The molecule has 0 unspecified atom stereocenters. The van der Waals surface area contributed by atoms with Crippen LogP contribution in [0.5, 0.6) is 46.5 Å². The maximum atomic E-state index is 12.1. The number of carbonyl (C=O) groups excluding carboxylic acids is 2. The first kappa shape index (κ1) is 37.2. The number of nitrogens with one attached hydrogen (secondary N) is 4. The minimum absolute atomic E-state index is 0.191. The van der Waals surface area contributed by atoms with Gasteiger partial charge >= 0.3 is 12.2 Å². The molecule has 3 heterocycles. The van der Waals surface area contributed by atoms with Crippen LogP contribution < -0.4 is 40.2 Å². The second-order valence-corrected chi connectivity index (χ2v) is 13.8. The van der Waals surface area contributed by atoms with Gasteiger partial charge in [0.05, 0.1) is 12.1 Å². The molecule has 4 aromatic rings. The Morgan fingerprint density at radius 2 is 0.827 bits per heavy atom. The van der Waals surface area contributed by atoms with Gasteiger partial charge < -0.3 is 49.7 Å². The van der Waals surface area contributed by atoms with E-state index in [0.29, 0.717) is 36.1 Å². The predicted octanol–water partition coefficient (Wildman–Crippen LogP) is 7.24. The zero-order valence-electron chi connectivity index (χ0n) is 30.5. The summed E-state index contributed by atoms with van der Waals surface area (Å²) < 4.78 is 35.4. The molecular formula is C36H44N8O8. The molecule has 16 heteroatoms. The molecule has 0 spiro atoms. The van der Waals surface area contributed by atoms with Crippen LogP contribution in [0, 0.1) is 13.8 Å².